The van der Waals surface area contributed by atoms with Crippen LogP contribution in [0, 0.1) is 13.8 Å². The van der Waals surface area contributed by atoms with Crippen LogP contribution < -0.4 is 10.8 Å². The Hall–Kier alpha value is -1.36. The Morgan fingerprint density at radius 1 is 1.53 bits per heavy atom. The summed E-state index contributed by atoms with van der Waals surface area (Å²) >= 11 is 0. The van der Waals surface area contributed by atoms with Crippen LogP contribution in [-0.2, 0) is 17.8 Å². The summed E-state index contributed by atoms with van der Waals surface area (Å²) < 4.78 is 1.49. The largest absolute Gasteiger partial charge is 0.548 e. The first kappa shape index (κ1) is 11.7. The molecule has 15 heavy (non-hydrogen) atoms. The SMILES string of the molecule is Cc1nn(CC(=O)[O-])c(C)c1CCC[NH3+]. The average molecular weight is 211 g/mol. The summed E-state index contributed by atoms with van der Waals surface area (Å²) in [5.74, 6) is -1.11. The fourth-order valence-corrected chi connectivity index (χ4v) is 1.67. The highest BCUT2D eigenvalue weighted by Crippen LogP contribution is 2.14. The molecule has 84 valence electrons. The molecule has 1 rings (SSSR count). The Morgan fingerprint density at radius 2 is 2.20 bits per heavy atom. The highest BCUT2D eigenvalue weighted by atomic mass is 16.4. The number of carboxylic acids is 1. The van der Waals surface area contributed by atoms with Gasteiger partial charge in [0.25, 0.3) is 0 Å². The van der Waals surface area contributed by atoms with Crippen LogP contribution >= 0.6 is 0 Å². The Kier molecular flexibility index (Phi) is 3.85. The van der Waals surface area contributed by atoms with E-state index in [9.17, 15) is 9.90 Å². The molecule has 0 aliphatic heterocycles. The molecular weight excluding hydrogens is 194 g/mol. The van der Waals surface area contributed by atoms with Gasteiger partial charge in [0.05, 0.1) is 24.8 Å². The van der Waals surface area contributed by atoms with E-state index in [1.54, 1.807) is 0 Å². The van der Waals surface area contributed by atoms with Crippen molar-refractivity contribution in [1.82, 2.24) is 9.78 Å². The predicted octanol–water partition coefficient (Wildman–Crippen LogP) is -1.58. The van der Waals surface area contributed by atoms with Crippen molar-refractivity contribution in [2.75, 3.05) is 6.54 Å². The zero-order valence-electron chi connectivity index (χ0n) is 9.25. The summed E-state index contributed by atoms with van der Waals surface area (Å²) in [7, 11) is 0. The second kappa shape index (κ2) is 4.93. The van der Waals surface area contributed by atoms with Crippen molar-refractivity contribution in [3.05, 3.63) is 17.0 Å². The first-order valence-corrected chi connectivity index (χ1v) is 5.08. The monoisotopic (exact) mass is 211 g/mol. The smallest absolute Gasteiger partial charge is 0.0807 e. The number of carbonyl (C=O) groups is 1. The Labute approximate surface area is 88.9 Å². The van der Waals surface area contributed by atoms with E-state index in [0.29, 0.717) is 0 Å². The van der Waals surface area contributed by atoms with E-state index in [4.69, 9.17) is 0 Å². The summed E-state index contributed by atoms with van der Waals surface area (Å²) in [6.45, 7) is 4.50. The number of quaternary nitrogens is 1. The third-order valence-corrected chi connectivity index (χ3v) is 2.49. The van der Waals surface area contributed by atoms with Gasteiger partial charge in [-0.3, -0.25) is 4.68 Å². The summed E-state index contributed by atoms with van der Waals surface area (Å²) in [5.41, 5.74) is 6.75. The first-order chi connectivity index (χ1) is 7.06. The molecule has 0 saturated heterocycles. The van der Waals surface area contributed by atoms with E-state index in [1.165, 1.54) is 4.68 Å². The molecule has 5 heteroatoms. The van der Waals surface area contributed by atoms with Gasteiger partial charge < -0.3 is 15.6 Å². The van der Waals surface area contributed by atoms with Gasteiger partial charge in [0, 0.05) is 12.1 Å². The van der Waals surface area contributed by atoms with Crippen molar-refractivity contribution in [2.24, 2.45) is 0 Å². The lowest BCUT2D eigenvalue weighted by Crippen LogP contribution is -2.50. The molecular formula is C10H17N3O2. The van der Waals surface area contributed by atoms with Crippen LogP contribution in [-0.4, -0.2) is 22.3 Å². The number of carboxylic acid groups (broad SMARTS) is 1. The third kappa shape index (κ3) is 2.79. The molecule has 0 bridgehead atoms. The molecule has 0 radical (unpaired) electrons. The minimum absolute atomic E-state index is 0.170. The number of hydrogen-bond donors (Lipinski definition) is 1. The van der Waals surface area contributed by atoms with Gasteiger partial charge in [0.1, 0.15) is 0 Å². The summed E-state index contributed by atoms with van der Waals surface area (Å²) in [5, 5.41) is 14.7. The second-order valence-electron chi connectivity index (χ2n) is 3.64. The van der Waals surface area contributed by atoms with Crippen molar-refractivity contribution in [1.29, 1.82) is 0 Å². The number of aliphatic carboxylic acids is 1. The molecule has 0 saturated carbocycles. The molecule has 1 aromatic heterocycles. The Bertz CT molecular complexity index is 358. The zero-order chi connectivity index (χ0) is 11.4. The number of nitrogens with zero attached hydrogens (tertiary/aromatic N) is 2. The minimum atomic E-state index is -1.11. The molecule has 5 nitrogen and oxygen atoms in total. The van der Waals surface area contributed by atoms with Gasteiger partial charge in [-0.2, -0.15) is 5.10 Å². The van der Waals surface area contributed by atoms with Gasteiger partial charge in [-0.05, 0) is 25.8 Å². The second-order valence-corrected chi connectivity index (χ2v) is 3.64. The normalized spacial score (nSPS) is 10.6. The molecule has 1 aromatic rings. The third-order valence-electron chi connectivity index (χ3n) is 2.49. The van der Waals surface area contributed by atoms with Crippen LogP contribution in [0.1, 0.15) is 23.4 Å². The molecule has 0 aromatic carbocycles. The van der Waals surface area contributed by atoms with Crippen molar-refractivity contribution < 1.29 is 15.6 Å². The molecule has 3 N–H and O–H groups in total. The standard InChI is InChI=1S/C10H17N3O2/c1-7-9(4-3-5-11)8(2)13(12-7)6-10(14)15/h3-6,11H2,1-2H3,(H,14,15). The Balaban J connectivity index is 2.87. The maximum absolute atomic E-state index is 10.5. The molecule has 0 amide bonds. The summed E-state index contributed by atoms with van der Waals surface area (Å²) in [4.78, 5) is 10.5. The molecule has 0 fully saturated rings. The molecule has 1 heterocycles. The summed E-state index contributed by atoms with van der Waals surface area (Å²) in [6.07, 6.45) is 1.91. The number of aromatic nitrogens is 2. The zero-order valence-corrected chi connectivity index (χ0v) is 9.25. The highest BCUT2D eigenvalue weighted by Gasteiger charge is 2.10. The first-order valence-electron chi connectivity index (χ1n) is 5.08. The van der Waals surface area contributed by atoms with Crippen molar-refractivity contribution >= 4 is 5.97 Å². The molecule has 0 spiro atoms. The van der Waals surface area contributed by atoms with Crippen LogP contribution in [0.3, 0.4) is 0 Å². The minimum Gasteiger partial charge on any atom is -0.548 e. The maximum Gasteiger partial charge on any atom is 0.0807 e. The van der Waals surface area contributed by atoms with Gasteiger partial charge in [-0.15, -0.1) is 0 Å². The molecule has 0 aliphatic rings. The lowest BCUT2D eigenvalue weighted by Gasteiger charge is -2.05. The van der Waals surface area contributed by atoms with Crippen LogP contribution in [0.2, 0.25) is 0 Å². The van der Waals surface area contributed by atoms with Gasteiger partial charge in [0.15, 0.2) is 0 Å². The number of hydrogen-bond acceptors (Lipinski definition) is 3. The van der Waals surface area contributed by atoms with Crippen molar-refractivity contribution in [3.63, 3.8) is 0 Å². The van der Waals surface area contributed by atoms with E-state index < -0.39 is 5.97 Å². The predicted molar refractivity (Wildman–Crippen MR) is 52.8 cm³/mol. The van der Waals surface area contributed by atoms with Crippen molar-refractivity contribution in [2.45, 2.75) is 33.2 Å². The molecule has 0 unspecified atom stereocenters. The van der Waals surface area contributed by atoms with Gasteiger partial charge in [-0.25, -0.2) is 0 Å². The fourth-order valence-electron chi connectivity index (χ4n) is 1.67. The van der Waals surface area contributed by atoms with Gasteiger partial charge >= 0.3 is 0 Å². The van der Waals surface area contributed by atoms with E-state index >= 15 is 0 Å². The van der Waals surface area contributed by atoms with E-state index in [1.807, 2.05) is 13.8 Å². The fraction of sp³-hybridized carbons (Fsp3) is 0.600. The summed E-state index contributed by atoms with van der Waals surface area (Å²) in [6, 6.07) is 0. The van der Waals surface area contributed by atoms with Crippen LogP contribution in [0.15, 0.2) is 0 Å². The average Bonchev–Trinajstić information content (AvgIpc) is 2.39. The van der Waals surface area contributed by atoms with Crippen LogP contribution in [0.5, 0.6) is 0 Å². The molecule has 0 aliphatic carbocycles. The maximum atomic E-state index is 10.5. The Morgan fingerprint density at radius 3 is 2.73 bits per heavy atom. The quantitative estimate of drug-likeness (QED) is 0.638. The van der Waals surface area contributed by atoms with E-state index in [-0.39, 0.29) is 6.54 Å². The van der Waals surface area contributed by atoms with Crippen LogP contribution in [0.4, 0.5) is 0 Å². The van der Waals surface area contributed by atoms with E-state index in [0.717, 1.165) is 36.3 Å². The van der Waals surface area contributed by atoms with E-state index in [2.05, 4.69) is 10.8 Å². The van der Waals surface area contributed by atoms with Crippen LogP contribution in [0.25, 0.3) is 0 Å². The highest BCUT2D eigenvalue weighted by molar-refractivity contribution is 5.64. The number of carbonyl (C=O) groups excluding carboxylic acids is 1. The van der Waals surface area contributed by atoms with Gasteiger partial charge in [-0.1, -0.05) is 0 Å². The van der Waals surface area contributed by atoms with Gasteiger partial charge in [0.2, 0.25) is 0 Å². The molecule has 0 atom stereocenters. The lowest BCUT2D eigenvalue weighted by molar-refractivity contribution is -0.368. The topological polar surface area (TPSA) is 85.6 Å². The lowest BCUT2D eigenvalue weighted by atomic mass is 10.1. The number of aryl methyl sites for hydroxylation is 1. The van der Waals surface area contributed by atoms with Crippen molar-refractivity contribution in [3.8, 4) is 0 Å². The number of rotatable bonds is 5.